The van der Waals surface area contributed by atoms with Crippen LogP contribution in [0.3, 0.4) is 0 Å². The summed E-state index contributed by atoms with van der Waals surface area (Å²) >= 11 is 0. The van der Waals surface area contributed by atoms with Crippen molar-refractivity contribution >= 4 is 17.7 Å². The Kier molecular flexibility index (Phi) is 13.7. The van der Waals surface area contributed by atoms with Gasteiger partial charge >= 0.3 is 5.97 Å². The van der Waals surface area contributed by atoms with E-state index in [-0.39, 0.29) is 17.6 Å². The van der Waals surface area contributed by atoms with Crippen LogP contribution in [-0.4, -0.2) is 54.0 Å². The molecule has 0 fully saturated rings. The maximum atomic E-state index is 11.8. The maximum Gasteiger partial charge on any atom is 0.326 e. The fourth-order valence-corrected chi connectivity index (χ4v) is 2.49. The topological polar surface area (TPSA) is 151 Å². The Balaban J connectivity index is 4.17. The lowest BCUT2D eigenvalue weighted by Gasteiger charge is -2.17. The molecule has 0 saturated carbocycles. The van der Waals surface area contributed by atoms with Crippen LogP contribution in [0.1, 0.15) is 58.8 Å². The Labute approximate surface area is 167 Å². The first kappa shape index (κ1) is 25.9. The van der Waals surface area contributed by atoms with Crippen molar-refractivity contribution in [2.45, 2.75) is 64.8 Å². The van der Waals surface area contributed by atoms with Gasteiger partial charge in [-0.3, -0.25) is 9.59 Å². The number of allylic oxidation sites excluding steroid dienone is 1. The number of carbonyl (C=O) groups excluding carboxylic acids is 2. The second kappa shape index (κ2) is 14.9. The van der Waals surface area contributed by atoms with Crippen LogP contribution in [0.4, 0.5) is 0 Å². The number of hydrazine groups is 1. The number of rotatable bonds is 16. The second-order valence-electron chi connectivity index (χ2n) is 7.22. The number of nitrogens with one attached hydrogen (secondary N) is 2. The van der Waals surface area contributed by atoms with Gasteiger partial charge < -0.3 is 26.5 Å². The van der Waals surface area contributed by atoms with Crippen molar-refractivity contribution in [2.24, 2.45) is 17.5 Å². The molecule has 0 aromatic rings. The third-order valence-electron chi connectivity index (χ3n) is 4.26. The summed E-state index contributed by atoms with van der Waals surface area (Å²) < 4.78 is 0. The van der Waals surface area contributed by atoms with Crippen LogP contribution >= 0.6 is 0 Å². The largest absolute Gasteiger partial charge is 0.480 e. The van der Waals surface area contributed by atoms with Crippen molar-refractivity contribution < 1.29 is 19.5 Å². The van der Waals surface area contributed by atoms with Crippen LogP contribution < -0.4 is 22.2 Å². The first-order valence-corrected chi connectivity index (χ1v) is 9.84. The lowest BCUT2D eigenvalue weighted by molar-refractivity contribution is -0.142. The average Bonchev–Trinajstić information content (AvgIpc) is 2.62. The lowest BCUT2D eigenvalue weighted by atomic mass is 10.0. The third-order valence-corrected chi connectivity index (χ3v) is 4.26. The summed E-state index contributed by atoms with van der Waals surface area (Å²) in [5, 5.41) is 16.2. The van der Waals surface area contributed by atoms with Gasteiger partial charge in [-0.15, -0.1) is 0 Å². The molecule has 0 saturated heterocycles. The van der Waals surface area contributed by atoms with Crippen LogP contribution in [0.5, 0.6) is 0 Å². The fraction of sp³-hybridized carbons (Fsp3) is 0.737. The Morgan fingerprint density at radius 1 is 1.11 bits per heavy atom. The summed E-state index contributed by atoms with van der Waals surface area (Å²) in [6, 6.07) is -0.893. The average molecular weight is 400 g/mol. The molecule has 0 spiro atoms. The molecule has 9 nitrogen and oxygen atoms in total. The van der Waals surface area contributed by atoms with Crippen LogP contribution in [0, 0.1) is 5.92 Å². The number of carboxylic acids is 1. The molecule has 1 amide bonds. The van der Waals surface area contributed by atoms with Gasteiger partial charge in [0.25, 0.3) is 0 Å². The van der Waals surface area contributed by atoms with Gasteiger partial charge in [-0.05, 0) is 45.7 Å². The number of Topliss-reactive ketones (excluding diaryl/α,β-unsaturated/α-hetero) is 1. The Bertz CT molecular complexity index is 522. The van der Waals surface area contributed by atoms with Gasteiger partial charge in [0.2, 0.25) is 5.91 Å². The van der Waals surface area contributed by atoms with E-state index in [1.165, 1.54) is 5.01 Å². The molecule has 1 unspecified atom stereocenters. The molecule has 0 rings (SSSR count). The Hall–Kier alpha value is -2.13. The Morgan fingerprint density at radius 3 is 2.36 bits per heavy atom. The van der Waals surface area contributed by atoms with E-state index in [0.29, 0.717) is 63.7 Å². The smallest absolute Gasteiger partial charge is 0.326 e. The highest BCUT2D eigenvalue weighted by molar-refractivity contribution is 5.83. The summed E-state index contributed by atoms with van der Waals surface area (Å²) in [7, 11) is 1.80. The molecule has 162 valence electrons. The zero-order chi connectivity index (χ0) is 21.5. The summed E-state index contributed by atoms with van der Waals surface area (Å²) in [5.41, 5.74) is 6.41. The number of carbonyl (C=O) groups is 3. The number of hydrogen-bond donors (Lipinski definition) is 5. The van der Waals surface area contributed by atoms with E-state index >= 15 is 0 Å². The van der Waals surface area contributed by atoms with Crippen molar-refractivity contribution in [2.75, 3.05) is 20.1 Å². The van der Waals surface area contributed by atoms with Crippen LogP contribution in [0.25, 0.3) is 0 Å². The third kappa shape index (κ3) is 13.1. The normalized spacial score (nSPS) is 12.7. The van der Waals surface area contributed by atoms with Gasteiger partial charge in [0.1, 0.15) is 11.8 Å². The molecule has 0 heterocycles. The second-order valence-corrected chi connectivity index (χ2v) is 7.22. The van der Waals surface area contributed by atoms with Gasteiger partial charge in [-0.25, -0.2) is 10.6 Å². The van der Waals surface area contributed by atoms with Crippen molar-refractivity contribution in [3.63, 3.8) is 0 Å². The molecular formula is C19H37N5O4. The molecule has 7 N–H and O–H groups in total. The van der Waals surface area contributed by atoms with Gasteiger partial charge in [0.15, 0.2) is 0 Å². The minimum absolute atomic E-state index is 0.00670. The van der Waals surface area contributed by atoms with E-state index in [1.807, 2.05) is 13.8 Å². The molecule has 0 aliphatic heterocycles. The van der Waals surface area contributed by atoms with Gasteiger partial charge in [-0.2, -0.15) is 0 Å². The zero-order valence-corrected chi connectivity index (χ0v) is 17.4. The van der Waals surface area contributed by atoms with Crippen LogP contribution in [0.2, 0.25) is 0 Å². The number of nitrogens with zero attached hydrogens (tertiary/aromatic N) is 1. The first-order valence-electron chi connectivity index (χ1n) is 9.84. The van der Waals surface area contributed by atoms with Crippen LogP contribution in [0.15, 0.2) is 11.9 Å². The molecule has 0 radical (unpaired) electrons. The predicted molar refractivity (Wildman–Crippen MR) is 109 cm³/mol. The quantitative estimate of drug-likeness (QED) is 0.145. The summed E-state index contributed by atoms with van der Waals surface area (Å²) in [6.45, 7) is 4.92. The van der Waals surface area contributed by atoms with Gasteiger partial charge in [0, 0.05) is 37.2 Å². The molecule has 0 aliphatic carbocycles. The van der Waals surface area contributed by atoms with Gasteiger partial charge in [0.05, 0.1) is 0 Å². The van der Waals surface area contributed by atoms with E-state index in [2.05, 4.69) is 10.6 Å². The molecule has 0 aromatic heterocycles. The summed E-state index contributed by atoms with van der Waals surface area (Å²) in [5.74, 6) is 4.73. The lowest BCUT2D eigenvalue weighted by Crippen LogP contribution is -2.41. The molecule has 28 heavy (non-hydrogen) atoms. The number of ketones is 1. The van der Waals surface area contributed by atoms with E-state index in [0.717, 1.165) is 0 Å². The van der Waals surface area contributed by atoms with E-state index in [9.17, 15) is 19.5 Å². The molecule has 9 heteroatoms. The number of nitrogens with two attached hydrogens (primary N) is 2. The minimum Gasteiger partial charge on any atom is -0.480 e. The number of hydrogen-bond acceptors (Lipinski definition) is 7. The van der Waals surface area contributed by atoms with Crippen molar-refractivity contribution in [1.29, 1.82) is 0 Å². The predicted octanol–water partition coefficient (Wildman–Crippen LogP) is 0.707. The monoisotopic (exact) mass is 399 g/mol. The van der Waals surface area contributed by atoms with Gasteiger partial charge in [-0.1, -0.05) is 13.8 Å². The van der Waals surface area contributed by atoms with E-state index in [1.54, 1.807) is 13.2 Å². The van der Waals surface area contributed by atoms with Crippen molar-refractivity contribution in [3.05, 3.63) is 11.9 Å². The molecule has 0 aromatic carbocycles. The number of amides is 1. The number of unbranched alkanes of at least 4 members (excludes halogenated alkanes) is 1. The van der Waals surface area contributed by atoms with E-state index < -0.39 is 12.0 Å². The van der Waals surface area contributed by atoms with E-state index in [4.69, 9.17) is 11.6 Å². The van der Waals surface area contributed by atoms with Crippen molar-refractivity contribution in [3.8, 4) is 0 Å². The highest BCUT2D eigenvalue weighted by Gasteiger charge is 2.19. The van der Waals surface area contributed by atoms with Crippen molar-refractivity contribution in [1.82, 2.24) is 15.6 Å². The molecule has 0 aliphatic rings. The SMILES string of the molecule is CNCCCC(=O)NC(CCCCN(N)/C=C(\N)CCC(=O)C(C)C)C(=O)O. The maximum absolute atomic E-state index is 11.8. The summed E-state index contributed by atoms with van der Waals surface area (Å²) in [6.07, 6.45) is 5.01. The number of aliphatic carboxylic acids is 1. The fourth-order valence-electron chi connectivity index (χ4n) is 2.49. The molecule has 1 atom stereocenters. The highest BCUT2D eigenvalue weighted by Crippen LogP contribution is 2.07. The first-order chi connectivity index (χ1) is 13.2. The highest BCUT2D eigenvalue weighted by atomic mass is 16.4. The Morgan fingerprint density at radius 2 is 1.79 bits per heavy atom. The summed E-state index contributed by atoms with van der Waals surface area (Å²) in [4.78, 5) is 34.7. The standard InChI is InChI=1S/C19H37N5O4/c1-14(2)17(25)10-9-15(20)13-24(21)12-5-4-7-16(19(27)28)23-18(26)8-6-11-22-3/h13-14,16,22H,4-12,20-21H2,1-3H3,(H,23,26)(H,27,28)/b15-13-. The molecule has 0 bridgehead atoms. The minimum atomic E-state index is -1.04. The number of carboxylic acid groups (broad SMARTS) is 1. The van der Waals surface area contributed by atoms with Crippen LogP contribution in [-0.2, 0) is 14.4 Å². The molecular weight excluding hydrogens is 362 g/mol. The zero-order valence-electron chi connectivity index (χ0n) is 17.4.